The molecule has 2 aromatic rings. The monoisotopic (exact) mass is 353 g/mol. The second kappa shape index (κ2) is 6.98. The molecule has 2 heterocycles. The number of rotatable bonds is 5. The van der Waals surface area contributed by atoms with Gasteiger partial charge in [0.05, 0.1) is 5.75 Å². The molecular formula is C16H20FN3O3S. The first-order chi connectivity index (χ1) is 11.5. The molecule has 0 saturated carbocycles. The van der Waals surface area contributed by atoms with E-state index in [0.29, 0.717) is 49.7 Å². The summed E-state index contributed by atoms with van der Waals surface area (Å²) in [5.41, 5.74) is 0.665. The van der Waals surface area contributed by atoms with E-state index in [1.807, 2.05) is 6.92 Å². The molecule has 0 unspecified atom stereocenters. The van der Waals surface area contributed by atoms with Gasteiger partial charge in [0.25, 0.3) is 0 Å². The standard InChI is InChI=1S/C16H20FN3O3S/c1-2-11-24(21,22)20-9-7-13(8-10-20)16-19-18-15(23-16)12-3-5-14(17)6-4-12/h3-6,13H,2,7-11H2,1H3. The van der Waals surface area contributed by atoms with E-state index in [1.165, 1.54) is 12.1 Å². The number of benzene rings is 1. The van der Waals surface area contributed by atoms with Crippen molar-refractivity contribution in [2.45, 2.75) is 32.1 Å². The third-order valence-corrected chi connectivity index (χ3v) is 6.27. The van der Waals surface area contributed by atoms with Crippen LogP contribution in [0.4, 0.5) is 4.39 Å². The van der Waals surface area contributed by atoms with Crippen molar-refractivity contribution in [1.29, 1.82) is 0 Å². The summed E-state index contributed by atoms with van der Waals surface area (Å²) in [6.07, 6.45) is 1.94. The lowest BCUT2D eigenvalue weighted by atomic mass is 9.98. The van der Waals surface area contributed by atoms with E-state index in [4.69, 9.17) is 4.42 Å². The Morgan fingerprint density at radius 3 is 2.50 bits per heavy atom. The number of halogens is 1. The normalized spacial score (nSPS) is 17.2. The molecule has 0 spiro atoms. The Bertz CT molecular complexity index is 781. The van der Waals surface area contributed by atoms with E-state index >= 15 is 0 Å². The molecule has 0 bridgehead atoms. The van der Waals surface area contributed by atoms with Gasteiger partial charge in [0, 0.05) is 24.6 Å². The van der Waals surface area contributed by atoms with Crippen LogP contribution in [0.2, 0.25) is 0 Å². The number of sulfonamides is 1. The average molecular weight is 353 g/mol. The lowest BCUT2D eigenvalue weighted by Crippen LogP contribution is -2.39. The van der Waals surface area contributed by atoms with Crippen LogP contribution in [0.5, 0.6) is 0 Å². The molecule has 0 atom stereocenters. The fourth-order valence-electron chi connectivity index (χ4n) is 2.88. The highest BCUT2D eigenvalue weighted by Crippen LogP contribution is 2.30. The molecule has 1 aliphatic heterocycles. The molecule has 6 nitrogen and oxygen atoms in total. The molecule has 1 saturated heterocycles. The number of hydrogen-bond donors (Lipinski definition) is 0. The zero-order chi connectivity index (χ0) is 17.2. The summed E-state index contributed by atoms with van der Waals surface area (Å²) < 4.78 is 44.4. The Kier molecular flexibility index (Phi) is 4.96. The first kappa shape index (κ1) is 17.0. The predicted molar refractivity (Wildman–Crippen MR) is 87.3 cm³/mol. The summed E-state index contributed by atoms with van der Waals surface area (Å²) in [6, 6.07) is 5.87. The van der Waals surface area contributed by atoms with Crippen LogP contribution in [-0.2, 0) is 10.0 Å². The number of aromatic nitrogens is 2. The van der Waals surface area contributed by atoms with Gasteiger partial charge in [-0.05, 0) is 43.5 Å². The minimum absolute atomic E-state index is 0.0553. The van der Waals surface area contributed by atoms with Crippen molar-refractivity contribution in [2.75, 3.05) is 18.8 Å². The lowest BCUT2D eigenvalue weighted by Gasteiger charge is -2.29. The maximum atomic E-state index is 13.0. The highest BCUT2D eigenvalue weighted by Gasteiger charge is 2.30. The van der Waals surface area contributed by atoms with Crippen molar-refractivity contribution in [1.82, 2.24) is 14.5 Å². The maximum Gasteiger partial charge on any atom is 0.247 e. The largest absolute Gasteiger partial charge is 0.420 e. The summed E-state index contributed by atoms with van der Waals surface area (Å²) >= 11 is 0. The molecule has 3 rings (SSSR count). The zero-order valence-corrected chi connectivity index (χ0v) is 14.3. The van der Waals surface area contributed by atoms with Crippen LogP contribution in [0.1, 0.15) is 38.0 Å². The average Bonchev–Trinajstić information content (AvgIpc) is 3.05. The fourth-order valence-corrected chi connectivity index (χ4v) is 4.42. The minimum Gasteiger partial charge on any atom is -0.420 e. The van der Waals surface area contributed by atoms with E-state index in [1.54, 1.807) is 16.4 Å². The van der Waals surface area contributed by atoms with Gasteiger partial charge in [0.2, 0.25) is 21.8 Å². The van der Waals surface area contributed by atoms with E-state index in [-0.39, 0.29) is 17.5 Å². The molecule has 0 N–H and O–H groups in total. The van der Waals surface area contributed by atoms with Gasteiger partial charge in [0.15, 0.2) is 0 Å². The van der Waals surface area contributed by atoms with Crippen LogP contribution >= 0.6 is 0 Å². The van der Waals surface area contributed by atoms with Gasteiger partial charge in [-0.2, -0.15) is 0 Å². The van der Waals surface area contributed by atoms with Gasteiger partial charge >= 0.3 is 0 Å². The summed E-state index contributed by atoms with van der Waals surface area (Å²) in [5, 5.41) is 8.10. The molecule has 130 valence electrons. The lowest BCUT2D eigenvalue weighted by molar-refractivity contribution is 0.291. The van der Waals surface area contributed by atoms with E-state index < -0.39 is 10.0 Å². The second-order valence-corrected chi connectivity index (χ2v) is 8.03. The molecule has 1 aromatic heterocycles. The van der Waals surface area contributed by atoms with Crippen LogP contribution in [0.3, 0.4) is 0 Å². The Labute approximate surface area is 140 Å². The van der Waals surface area contributed by atoms with Crippen molar-refractivity contribution >= 4 is 10.0 Å². The third kappa shape index (κ3) is 3.64. The van der Waals surface area contributed by atoms with Crippen LogP contribution in [0.15, 0.2) is 28.7 Å². The van der Waals surface area contributed by atoms with Crippen LogP contribution < -0.4 is 0 Å². The maximum absolute atomic E-state index is 13.0. The van der Waals surface area contributed by atoms with Crippen molar-refractivity contribution < 1.29 is 17.2 Å². The van der Waals surface area contributed by atoms with Gasteiger partial charge in [-0.15, -0.1) is 10.2 Å². The first-order valence-corrected chi connectivity index (χ1v) is 9.67. The Morgan fingerprint density at radius 2 is 1.88 bits per heavy atom. The van der Waals surface area contributed by atoms with Gasteiger partial charge in [-0.25, -0.2) is 17.1 Å². The zero-order valence-electron chi connectivity index (χ0n) is 13.5. The van der Waals surface area contributed by atoms with Gasteiger partial charge in [-0.1, -0.05) is 6.92 Å². The highest BCUT2D eigenvalue weighted by molar-refractivity contribution is 7.89. The topological polar surface area (TPSA) is 76.3 Å². The van der Waals surface area contributed by atoms with Crippen LogP contribution in [0.25, 0.3) is 11.5 Å². The summed E-state index contributed by atoms with van der Waals surface area (Å²) in [4.78, 5) is 0. The summed E-state index contributed by atoms with van der Waals surface area (Å²) in [6.45, 7) is 2.81. The number of hydrogen-bond acceptors (Lipinski definition) is 5. The fraction of sp³-hybridized carbons (Fsp3) is 0.500. The van der Waals surface area contributed by atoms with Crippen molar-refractivity contribution in [3.63, 3.8) is 0 Å². The highest BCUT2D eigenvalue weighted by atomic mass is 32.2. The van der Waals surface area contributed by atoms with E-state index in [9.17, 15) is 12.8 Å². The van der Waals surface area contributed by atoms with E-state index in [0.717, 1.165) is 0 Å². The molecule has 1 aromatic carbocycles. The van der Waals surface area contributed by atoms with Crippen LogP contribution in [-0.4, -0.2) is 41.8 Å². The molecule has 24 heavy (non-hydrogen) atoms. The molecule has 0 amide bonds. The molecule has 0 radical (unpaired) electrons. The smallest absolute Gasteiger partial charge is 0.247 e. The SMILES string of the molecule is CCCS(=O)(=O)N1CCC(c2nnc(-c3ccc(F)cc3)o2)CC1. The summed E-state index contributed by atoms with van der Waals surface area (Å²) in [7, 11) is -3.15. The Balaban J connectivity index is 1.66. The quantitative estimate of drug-likeness (QED) is 0.826. The van der Waals surface area contributed by atoms with Crippen molar-refractivity contribution in [2.24, 2.45) is 0 Å². The van der Waals surface area contributed by atoms with Gasteiger partial charge in [0.1, 0.15) is 5.82 Å². The van der Waals surface area contributed by atoms with Crippen molar-refractivity contribution in [3.05, 3.63) is 36.0 Å². The van der Waals surface area contributed by atoms with Gasteiger partial charge in [-0.3, -0.25) is 0 Å². The number of nitrogens with zero attached hydrogens (tertiary/aromatic N) is 3. The van der Waals surface area contributed by atoms with Gasteiger partial charge < -0.3 is 4.42 Å². The predicted octanol–water partition coefficient (Wildman–Crippen LogP) is 2.79. The summed E-state index contributed by atoms with van der Waals surface area (Å²) in [5.74, 6) is 0.791. The van der Waals surface area contributed by atoms with Crippen molar-refractivity contribution in [3.8, 4) is 11.5 Å². The molecule has 0 aliphatic carbocycles. The second-order valence-electron chi connectivity index (χ2n) is 5.94. The van der Waals surface area contributed by atoms with E-state index in [2.05, 4.69) is 10.2 Å². The Hall–Kier alpha value is -1.80. The first-order valence-electron chi connectivity index (χ1n) is 8.07. The minimum atomic E-state index is -3.15. The molecule has 1 aliphatic rings. The molecule has 8 heteroatoms. The molecule has 1 fully saturated rings. The third-order valence-electron chi connectivity index (χ3n) is 4.19. The number of piperidine rings is 1. The van der Waals surface area contributed by atoms with Crippen LogP contribution in [0, 0.1) is 5.82 Å². The Morgan fingerprint density at radius 1 is 1.21 bits per heavy atom. The molecular weight excluding hydrogens is 333 g/mol.